The van der Waals surface area contributed by atoms with E-state index in [-0.39, 0.29) is 32.7 Å². The normalized spacial score (nSPS) is 16.2. The molecule has 6 nitrogen and oxygen atoms in total. The van der Waals surface area contributed by atoms with Crippen LogP contribution in [-0.2, 0) is 37.4 Å². The first-order valence-electron chi connectivity index (χ1n) is 5.77. The summed E-state index contributed by atoms with van der Waals surface area (Å²) in [6.45, 7) is 4.85. The van der Waals surface area contributed by atoms with Crippen LogP contribution in [0, 0.1) is 0 Å². The van der Waals surface area contributed by atoms with Crippen molar-refractivity contribution >= 4 is 6.21 Å². The Labute approximate surface area is 142 Å². The van der Waals surface area contributed by atoms with Crippen molar-refractivity contribution in [1.29, 1.82) is 0 Å². The van der Waals surface area contributed by atoms with Gasteiger partial charge in [-0.3, -0.25) is 4.90 Å². The van der Waals surface area contributed by atoms with E-state index < -0.39 is 0 Å². The molecule has 0 unspecified atom stereocenters. The summed E-state index contributed by atoms with van der Waals surface area (Å²) in [6, 6.07) is 0. The maximum Gasteiger partial charge on any atom is 0.0351 e. The fraction of sp³-hybridized carbons (Fsp3) is 0.750. The average Bonchev–Trinajstić information content (AvgIpc) is 2.41. The molecule has 1 aliphatic rings. The van der Waals surface area contributed by atoms with Crippen LogP contribution in [-0.4, -0.2) is 82.2 Å². The maximum atomic E-state index is 8.76. The Morgan fingerprint density at radius 1 is 1.26 bits per heavy atom. The minimum Gasteiger partial charge on any atom is -0.810 e. The van der Waals surface area contributed by atoms with Gasteiger partial charge in [-0.25, -0.2) is 0 Å². The maximum absolute atomic E-state index is 8.76. The van der Waals surface area contributed by atoms with Gasteiger partial charge in [0, 0.05) is 86.8 Å². The molecule has 0 aliphatic carbocycles. The van der Waals surface area contributed by atoms with Gasteiger partial charge in [-0.2, -0.15) is 12.4 Å². The van der Waals surface area contributed by atoms with E-state index in [0.29, 0.717) is 12.1 Å². The van der Waals surface area contributed by atoms with Crippen molar-refractivity contribution in [1.82, 2.24) is 9.80 Å². The Bertz CT molecular complexity index is 220. The van der Waals surface area contributed by atoms with Gasteiger partial charge < -0.3 is 25.9 Å². The summed E-state index contributed by atoms with van der Waals surface area (Å²) in [6.07, 6.45) is 2.23. The Balaban J connectivity index is -0.000000376. The van der Waals surface area contributed by atoms with Gasteiger partial charge in [0.1, 0.15) is 0 Å². The smallest absolute Gasteiger partial charge is 0.0351 e. The van der Waals surface area contributed by atoms with E-state index in [1.165, 1.54) is 6.20 Å². The molecule has 1 aliphatic heterocycles. The molecule has 0 bridgehead atoms. The number of likely N-dealkylation sites (N-methyl/N-ethyl adjacent to an activating group) is 1. The van der Waals surface area contributed by atoms with Crippen molar-refractivity contribution in [3.63, 3.8) is 0 Å². The molecule has 1 rings (SSSR count). The van der Waals surface area contributed by atoms with Gasteiger partial charge in [-0.15, -0.1) is 0 Å². The van der Waals surface area contributed by atoms with Crippen LogP contribution < -0.4 is 0 Å². The zero-order valence-electron chi connectivity index (χ0n) is 12.5. The van der Waals surface area contributed by atoms with Gasteiger partial charge in [0.05, 0.1) is 0 Å². The first-order chi connectivity index (χ1) is 8.67. The molecule has 0 aromatic rings. The first-order valence-corrected chi connectivity index (χ1v) is 5.77. The third kappa shape index (κ3) is 14.4. The van der Waals surface area contributed by atoms with Crippen LogP contribution in [0.4, 0.5) is 0 Å². The summed E-state index contributed by atoms with van der Waals surface area (Å²) >= 11 is 0. The molecular weight excluding hydrogens is 321 g/mol. The minimum atomic E-state index is 0. The second-order valence-electron chi connectivity index (χ2n) is 3.84. The molecule has 2 N–H and O–H groups in total. The van der Waals surface area contributed by atoms with Gasteiger partial charge >= 0.3 is 0 Å². The third-order valence-corrected chi connectivity index (χ3v) is 2.35. The Morgan fingerprint density at radius 2 is 1.68 bits per heavy atom. The Kier molecular flexibility index (Phi) is 23.1. The number of methoxy groups -OCH3 is 1. The van der Waals surface area contributed by atoms with Crippen LogP contribution in [0.15, 0.2) is 11.8 Å². The largest absolute Gasteiger partial charge is 0.810 e. The number of piperazine rings is 1. The SMILES string of the molecule is CN1CCN(C/C(C=[N-])=C/[NH-])CC1.CO.COC.[Y]. The third-order valence-electron chi connectivity index (χ3n) is 2.35. The second kappa shape index (κ2) is 18.2. The molecule has 0 spiro atoms. The van der Waals surface area contributed by atoms with Crippen molar-refractivity contribution in [3.05, 3.63) is 22.9 Å². The zero-order valence-corrected chi connectivity index (χ0v) is 15.3. The number of nitrogens with zero attached hydrogens (tertiary/aromatic N) is 3. The van der Waals surface area contributed by atoms with Crippen LogP contribution in [0.1, 0.15) is 0 Å². The average molecular weight is 347 g/mol. The van der Waals surface area contributed by atoms with E-state index in [1.54, 1.807) is 14.2 Å². The minimum absolute atomic E-state index is 0. The van der Waals surface area contributed by atoms with Crippen molar-refractivity contribution in [3.8, 4) is 0 Å². The number of aliphatic hydroxyl groups is 1. The molecule has 0 aromatic heterocycles. The van der Waals surface area contributed by atoms with Crippen LogP contribution >= 0.6 is 0 Å². The standard InChI is InChI=1S/C9H16N4.C2H6O.CH4O.Y/c1-12-2-4-13(5-3-12)8-9(6-10)7-11;1-3-2;1-2;/h6-7,10H,2-5,8H2,1H3;1-2H3;2H,1H3;/q-2;;;/b9-6+;;;. The number of ether oxygens (including phenoxy) is 1. The molecule has 0 amide bonds. The van der Waals surface area contributed by atoms with Crippen molar-refractivity contribution < 1.29 is 42.6 Å². The number of rotatable bonds is 3. The van der Waals surface area contributed by atoms with Gasteiger partial charge in [0.25, 0.3) is 0 Å². The summed E-state index contributed by atoms with van der Waals surface area (Å²) in [5.41, 5.74) is 7.70. The van der Waals surface area contributed by atoms with Gasteiger partial charge in [0.15, 0.2) is 0 Å². The van der Waals surface area contributed by atoms with Crippen LogP contribution in [0.5, 0.6) is 0 Å². The van der Waals surface area contributed by atoms with E-state index in [0.717, 1.165) is 39.5 Å². The second-order valence-corrected chi connectivity index (χ2v) is 3.84. The molecule has 111 valence electrons. The van der Waals surface area contributed by atoms with Crippen LogP contribution in [0.25, 0.3) is 11.1 Å². The van der Waals surface area contributed by atoms with Gasteiger partial charge in [-0.05, 0) is 7.05 Å². The quantitative estimate of drug-likeness (QED) is 0.761. The molecule has 0 aromatic carbocycles. The molecule has 0 saturated carbocycles. The molecule has 7 heteroatoms. The molecule has 0 atom stereocenters. The topological polar surface area (TPSA) is 82.0 Å². The summed E-state index contributed by atoms with van der Waals surface area (Å²) in [5, 5.41) is 15.8. The summed E-state index contributed by atoms with van der Waals surface area (Å²) in [5.74, 6) is 0. The monoisotopic (exact) mass is 347 g/mol. The first kappa shape index (κ1) is 24.2. The van der Waals surface area contributed by atoms with Gasteiger partial charge in [-0.1, -0.05) is 5.57 Å². The summed E-state index contributed by atoms with van der Waals surface area (Å²) in [7, 11) is 6.36. The fourth-order valence-electron chi connectivity index (χ4n) is 1.39. The molecule has 1 heterocycles. The number of nitrogens with one attached hydrogen (secondary N) is 1. The number of hydrogen-bond donors (Lipinski definition) is 1. The predicted octanol–water partition coefficient (Wildman–Crippen LogP) is 0.679. The Morgan fingerprint density at radius 3 is 2.00 bits per heavy atom. The number of hydrogen-bond acceptors (Lipinski definition) is 4. The molecule has 19 heavy (non-hydrogen) atoms. The van der Waals surface area contributed by atoms with Crippen molar-refractivity contribution in [2.75, 3.05) is 61.1 Å². The molecule has 1 saturated heterocycles. The summed E-state index contributed by atoms with van der Waals surface area (Å²) in [4.78, 5) is 4.52. The molecular formula is C12H26N4O2Y-2. The number of aliphatic hydroxyl groups excluding tert-OH is 1. The zero-order chi connectivity index (χ0) is 14.4. The Hall–Kier alpha value is 0.154. The van der Waals surface area contributed by atoms with Crippen LogP contribution in [0.3, 0.4) is 0 Å². The molecule has 1 radical (unpaired) electrons. The van der Waals surface area contributed by atoms with Crippen molar-refractivity contribution in [2.45, 2.75) is 0 Å². The van der Waals surface area contributed by atoms with E-state index in [4.69, 9.17) is 16.2 Å². The van der Waals surface area contributed by atoms with E-state index in [2.05, 4.69) is 21.6 Å². The van der Waals surface area contributed by atoms with E-state index >= 15 is 0 Å². The fourth-order valence-corrected chi connectivity index (χ4v) is 1.39. The van der Waals surface area contributed by atoms with Gasteiger partial charge in [0.2, 0.25) is 0 Å². The van der Waals surface area contributed by atoms with Crippen molar-refractivity contribution in [2.24, 2.45) is 0 Å². The summed E-state index contributed by atoms with van der Waals surface area (Å²) < 4.78 is 4.25. The van der Waals surface area contributed by atoms with Crippen LogP contribution in [0.2, 0.25) is 0 Å². The van der Waals surface area contributed by atoms with E-state index in [9.17, 15) is 0 Å². The van der Waals surface area contributed by atoms with E-state index in [1.807, 2.05) is 0 Å². The predicted molar refractivity (Wildman–Crippen MR) is 76.8 cm³/mol. The molecule has 1 fully saturated rings.